The van der Waals surface area contributed by atoms with E-state index in [-0.39, 0.29) is 11.6 Å². The molecular weight excluding hydrogens is 240 g/mol. The lowest BCUT2D eigenvalue weighted by Crippen LogP contribution is -2.46. The molecule has 1 aliphatic rings. The third-order valence-electron chi connectivity index (χ3n) is 3.02. The van der Waals surface area contributed by atoms with Crippen LogP contribution in [0.1, 0.15) is 10.4 Å². The van der Waals surface area contributed by atoms with Crippen LogP contribution in [0.2, 0.25) is 0 Å². The van der Waals surface area contributed by atoms with Crippen molar-refractivity contribution in [2.24, 2.45) is 0 Å². The molecule has 0 bridgehead atoms. The van der Waals surface area contributed by atoms with Gasteiger partial charge < -0.3 is 20.3 Å². The molecule has 1 aromatic heterocycles. The molecule has 8 nitrogen and oxygen atoms in total. The number of hydrogen-bond donors (Lipinski definition) is 4. The predicted octanol–water partition coefficient (Wildman–Crippen LogP) is -2.53. The second-order valence-electron chi connectivity index (χ2n) is 4.19. The number of nitrogens with one attached hydrogen (secondary N) is 3. The first-order valence-electron chi connectivity index (χ1n) is 5.48. The zero-order valence-electron chi connectivity index (χ0n) is 9.77. The Kier molecular flexibility index (Phi) is 3.30. The number of carbonyl (C=O) groups excluding carboxylic acids is 1. The van der Waals surface area contributed by atoms with Crippen molar-refractivity contribution in [1.82, 2.24) is 20.2 Å². The number of aromatic nitrogens is 2. The van der Waals surface area contributed by atoms with E-state index in [0.29, 0.717) is 13.1 Å². The molecule has 2 heterocycles. The Balaban J connectivity index is 2.25. The molecule has 1 amide bonds. The molecule has 0 spiro atoms. The third kappa shape index (κ3) is 2.20. The van der Waals surface area contributed by atoms with Gasteiger partial charge in [0.2, 0.25) is 0 Å². The monoisotopic (exact) mass is 254 g/mol. The first-order valence-corrected chi connectivity index (χ1v) is 5.48. The van der Waals surface area contributed by atoms with Crippen LogP contribution in [0.5, 0.6) is 0 Å². The fraction of sp³-hybridized carbons (Fsp3) is 0.500. The fourth-order valence-corrected chi connectivity index (χ4v) is 1.96. The summed E-state index contributed by atoms with van der Waals surface area (Å²) in [5.41, 5.74) is -1.56. The summed E-state index contributed by atoms with van der Waals surface area (Å²) in [7, 11) is 1.51. The Morgan fingerprint density at radius 1 is 1.44 bits per heavy atom. The van der Waals surface area contributed by atoms with Gasteiger partial charge in [0.1, 0.15) is 5.56 Å². The number of amides is 1. The summed E-state index contributed by atoms with van der Waals surface area (Å²) in [6.45, 7) is 0.870. The first kappa shape index (κ1) is 12.5. The van der Waals surface area contributed by atoms with Gasteiger partial charge in [-0.3, -0.25) is 14.6 Å². The number of aliphatic hydroxyl groups excluding tert-OH is 1. The molecule has 0 saturated carbocycles. The summed E-state index contributed by atoms with van der Waals surface area (Å²) in [6.07, 6.45) is 0.412. The second kappa shape index (κ2) is 4.75. The van der Waals surface area contributed by atoms with E-state index in [1.165, 1.54) is 11.9 Å². The van der Waals surface area contributed by atoms with Crippen LogP contribution in [0.25, 0.3) is 0 Å². The van der Waals surface area contributed by atoms with Crippen molar-refractivity contribution < 1.29 is 9.90 Å². The molecule has 0 radical (unpaired) electrons. The maximum absolute atomic E-state index is 12.1. The van der Waals surface area contributed by atoms with Crippen LogP contribution in [0.15, 0.2) is 15.8 Å². The number of nitrogens with zero attached hydrogens (tertiary/aromatic N) is 1. The zero-order valence-corrected chi connectivity index (χ0v) is 9.77. The van der Waals surface area contributed by atoms with Gasteiger partial charge >= 0.3 is 5.69 Å². The van der Waals surface area contributed by atoms with E-state index in [0.717, 1.165) is 6.20 Å². The maximum atomic E-state index is 12.1. The Hall–Kier alpha value is -1.93. The summed E-state index contributed by atoms with van der Waals surface area (Å²) in [5, 5.41) is 12.6. The third-order valence-corrected chi connectivity index (χ3v) is 3.02. The predicted molar refractivity (Wildman–Crippen MR) is 62.4 cm³/mol. The van der Waals surface area contributed by atoms with Crippen molar-refractivity contribution in [3.05, 3.63) is 32.6 Å². The summed E-state index contributed by atoms with van der Waals surface area (Å²) < 4.78 is 0. The highest BCUT2D eigenvalue weighted by Crippen LogP contribution is 2.09. The molecule has 1 saturated heterocycles. The molecule has 0 unspecified atom stereocenters. The van der Waals surface area contributed by atoms with Crippen molar-refractivity contribution in [3.8, 4) is 0 Å². The minimum atomic E-state index is -0.740. The highest BCUT2D eigenvalue weighted by Gasteiger charge is 2.32. The zero-order chi connectivity index (χ0) is 13.3. The average molecular weight is 254 g/mol. The van der Waals surface area contributed by atoms with Gasteiger partial charge in [0.25, 0.3) is 11.5 Å². The number of carbonyl (C=O) groups is 1. The molecule has 8 heteroatoms. The van der Waals surface area contributed by atoms with E-state index in [1.54, 1.807) is 0 Å². The van der Waals surface area contributed by atoms with Crippen LogP contribution in [-0.2, 0) is 0 Å². The highest BCUT2D eigenvalue weighted by atomic mass is 16.3. The van der Waals surface area contributed by atoms with Crippen molar-refractivity contribution in [2.75, 3.05) is 20.1 Å². The molecule has 0 aromatic carbocycles. The Labute approximate surface area is 102 Å². The highest BCUT2D eigenvalue weighted by molar-refractivity contribution is 5.93. The molecule has 18 heavy (non-hydrogen) atoms. The molecule has 98 valence electrons. The molecule has 1 aliphatic heterocycles. The van der Waals surface area contributed by atoms with E-state index < -0.39 is 23.3 Å². The Morgan fingerprint density at radius 3 is 2.72 bits per heavy atom. The molecule has 1 fully saturated rings. The van der Waals surface area contributed by atoms with Crippen LogP contribution in [-0.4, -0.2) is 58.2 Å². The minimum Gasteiger partial charge on any atom is -0.390 e. The standard InChI is InChI=1S/C10H14N4O4/c1-14(6-3-11-4-7(6)15)9(17)5-2-12-10(18)13-8(5)16/h2,6-7,11,15H,3-4H2,1H3,(H2,12,13,16,18)/t6-,7-/m1/s1. The van der Waals surface area contributed by atoms with Crippen LogP contribution in [0.3, 0.4) is 0 Å². The summed E-state index contributed by atoms with van der Waals surface area (Å²) in [6, 6.07) is -0.385. The van der Waals surface area contributed by atoms with Gasteiger partial charge in [0.15, 0.2) is 0 Å². The molecule has 1 aromatic rings. The van der Waals surface area contributed by atoms with Crippen molar-refractivity contribution >= 4 is 5.91 Å². The number of H-pyrrole nitrogens is 2. The van der Waals surface area contributed by atoms with Crippen molar-refractivity contribution in [2.45, 2.75) is 12.1 Å². The normalized spacial score (nSPS) is 23.0. The van der Waals surface area contributed by atoms with Gasteiger partial charge in [0.05, 0.1) is 12.1 Å². The summed E-state index contributed by atoms with van der Waals surface area (Å²) in [5.74, 6) is -0.541. The van der Waals surface area contributed by atoms with Crippen molar-refractivity contribution in [1.29, 1.82) is 0 Å². The van der Waals surface area contributed by atoms with Gasteiger partial charge in [-0.2, -0.15) is 0 Å². The number of β-amino-alcohol motifs (C(OH)–C–C–N with tert-alkyl or cyclic N) is 1. The fourth-order valence-electron chi connectivity index (χ4n) is 1.96. The second-order valence-corrected chi connectivity index (χ2v) is 4.19. The van der Waals surface area contributed by atoms with Crippen molar-refractivity contribution in [3.63, 3.8) is 0 Å². The smallest absolute Gasteiger partial charge is 0.325 e. The van der Waals surface area contributed by atoms with Crippen LogP contribution < -0.4 is 16.6 Å². The largest absolute Gasteiger partial charge is 0.390 e. The average Bonchev–Trinajstić information content (AvgIpc) is 2.74. The topological polar surface area (TPSA) is 118 Å². The Morgan fingerprint density at radius 2 is 2.17 bits per heavy atom. The quantitative estimate of drug-likeness (QED) is 0.464. The summed E-state index contributed by atoms with van der Waals surface area (Å²) >= 11 is 0. The first-order chi connectivity index (χ1) is 8.50. The van der Waals surface area contributed by atoms with Gasteiger partial charge in [-0.1, -0.05) is 0 Å². The van der Waals surface area contributed by atoms with E-state index in [9.17, 15) is 19.5 Å². The number of hydrogen-bond acceptors (Lipinski definition) is 5. The van der Waals surface area contributed by atoms with Gasteiger partial charge in [-0.25, -0.2) is 4.79 Å². The van der Waals surface area contributed by atoms with Crippen LogP contribution >= 0.6 is 0 Å². The van der Waals surface area contributed by atoms with Crippen LogP contribution in [0.4, 0.5) is 0 Å². The lowest BCUT2D eigenvalue weighted by atomic mass is 10.1. The van der Waals surface area contributed by atoms with E-state index in [1.807, 2.05) is 4.98 Å². The van der Waals surface area contributed by atoms with Gasteiger partial charge in [-0.05, 0) is 0 Å². The molecule has 2 rings (SSSR count). The van der Waals surface area contributed by atoms with Crippen LogP contribution in [0, 0.1) is 0 Å². The molecule has 0 aliphatic carbocycles. The number of aromatic amines is 2. The number of aliphatic hydroxyl groups is 1. The molecular formula is C10H14N4O4. The Bertz CT molecular complexity index is 563. The summed E-state index contributed by atoms with van der Waals surface area (Å²) in [4.78, 5) is 39.9. The van der Waals surface area contributed by atoms with E-state index >= 15 is 0 Å². The minimum absolute atomic E-state index is 0.156. The molecule has 2 atom stereocenters. The SMILES string of the molecule is CN(C(=O)c1c[nH]c(=O)[nH]c1=O)[C@@H]1CNC[C@H]1O. The van der Waals surface area contributed by atoms with Gasteiger partial charge in [-0.15, -0.1) is 0 Å². The lowest BCUT2D eigenvalue weighted by Gasteiger charge is -2.25. The lowest BCUT2D eigenvalue weighted by molar-refractivity contribution is 0.0579. The number of likely N-dealkylation sites (N-methyl/N-ethyl adjacent to an activating group) is 1. The van der Waals surface area contributed by atoms with Gasteiger partial charge in [0, 0.05) is 26.3 Å². The maximum Gasteiger partial charge on any atom is 0.325 e. The van der Waals surface area contributed by atoms with E-state index in [2.05, 4.69) is 10.3 Å². The molecule has 4 N–H and O–H groups in total. The van der Waals surface area contributed by atoms with E-state index in [4.69, 9.17) is 0 Å². The number of rotatable bonds is 2.